The van der Waals surface area contributed by atoms with Gasteiger partial charge in [-0.1, -0.05) is 23.7 Å². The molecule has 15 heavy (non-hydrogen) atoms. The van der Waals surface area contributed by atoms with Crippen LogP contribution >= 0.6 is 11.6 Å². The lowest BCUT2D eigenvalue weighted by Gasteiger charge is -2.24. The molecule has 0 amide bonds. The molecule has 2 unspecified atom stereocenters. The SMILES string of the molecule is CC(C)OC(c1cccc(Cl)c1)C(C)N. The highest BCUT2D eigenvalue weighted by atomic mass is 35.5. The Morgan fingerprint density at radius 3 is 2.40 bits per heavy atom. The molecular formula is C12H18ClNO. The van der Waals surface area contributed by atoms with E-state index in [2.05, 4.69) is 0 Å². The Kier molecular flexibility index (Phi) is 4.58. The monoisotopic (exact) mass is 227 g/mol. The summed E-state index contributed by atoms with van der Waals surface area (Å²) in [6.45, 7) is 5.94. The summed E-state index contributed by atoms with van der Waals surface area (Å²) in [6, 6.07) is 7.60. The van der Waals surface area contributed by atoms with Gasteiger partial charge in [0.15, 0.2) is 0 Å². The molecule has 0 fully saturated rings. The number of benzene rings is 1. The average molecular weight is 228 g/mol. The van der Waals surface area contributed by atoms with Gasteiger partial charge in [-0.05, 0) is 38.5 Å². The van der Waals surface area contributed by atoms with Crippen molar-refractivity contribution in [2.24, 2.45) is 5.73 Å². The highest BCUT2D eigenvalue weighted by Crippen LogP contribution is 2.24. The molecule has 0 aliphatic carbocycles. The van der Waals surface area contributed by atoms with Crippen molar-refractivity contribution in [1.29, 1.82) is 0 Å². The maximum Gasteiger partial charge on any atom is 0.0976 e. The van der Waals surface area contributed by atoms with E-state index in [0.717, 1.165) is 5.56 Å². The third-order valence-electron chi connectivity index (χ3n) is 2.07. The van der Waals surface area contributed by atoms with E-state index in [-0.39, 0.29) is 18.2 Å². The van der Waals surface area contributed by atoms with Crippen LogP contribution in [-0.2, 0) is 4.74 Å². The number of ether oxygens (including phenoxy) is 1. The van der Waals surface area contributed by atoms with Gasteiger partial charge < -0.3 is 10.5 Å². The summed E-state index contributed by atoms with van der Waals surface area (Å²) in [5.74, 6) is 0. The molecule has 0 saturated carbocycles. The Morgan fingerprint density at radius 1 is 1.27 bits per heavy atom. The van der Waals surface area contributed by atoms with Crippen molar-refractivity contribution in [1.82, 2.24) is 0 Å². The van der Waals surface area contributed by atoms with Gasteiger partial charge in [-0.3, -0.25) is 0 Å². The van der Waals surface area contributed by atoms with Gasteiger partial charge in [0.2, 0.25) is 0 Å². The quantitative estimate of drug-likeness (QED) is 0.858. The lowest BCUT2D eigenvalue weighted by atomic mass is 10.0. The third-order valence-corrected chi connectivity index (χ3v) is 2.31. The van der Waals surface area contributed by atoms with Crippen LogP contribution in [0.5, 0.6) is 0 Å². The van der Waals surface area contributed by atoms with Gasteiger partial charge in [-0.2, -0.15) is 0 Å². The minimum atomic E-state index is -0.0938. The minimum absolute atomic E-state index is 0.0501. The molecule has 84 valence electrons. The van der Waals surface area contributed by atoms with E-state index in [0.29, 0.717) is 5.02 Å². The second-order valence-corrected chi connectivity index (χ2v) is 4.46. The van der Waals surface area contributed by atoms with Crippen molar-refractivity contribution in [3.8, 4) is 0 Å². The molecule has 1 rings (SSSR count). The van der Waals surface area contributed by atoms with Gasteiger partial charge in [0.05, 0.1) is 12.2 Å². The predicted octanol–water partition coefficient (Wildman–Crippen LogP) is 3.15. The number of hydrogen-bond donors (Lipinski definition) is 1. The molecule has 2 atom stereocenters. The number of nitrogens with two attached hydrogens (primary N) is 1. The summed E-state index contributed by atoms with van der Waals surface area (Å²) in [5, 5.41) is 0.713. The van der Waals surface area contributed by atoms with E-state index in [4.69, 9.17) is 22.1 Å². The highest BCUT2D eigenvalue weighted by molar-refractivity contribution is 6.30. The van der Waals surface area contributed by atoms with Gasteiger partial charge in [-0.25, -0.2) is 0 Å². The molecule has 0 radical (unpaired) electrons. The van der Waals surface area contributed by atoms with E-state index in [1.165, 1.54) is 0 Å². The molecule has 0 bridgehead atoms. The van der Waals surface area contributed by atoms with E-state index >= 15 is 0 Å². The fourth-order valence-corrected chi connectivity index (χ4v) is 1.68. The van der Waals surface area contributed by atoms with Crippen LogP contribution in [0.25, 0.3) is 0 Å². The van der Waals surface area contributed by atoms with Crippen molar-refractivity contribution in [2.75, 3.05) is 0 Å². The topological polar surface area (TPSA) is 35.2 Å². The van der Waals surface area contributed by atoms with Crippen molar-refractivity contribution in [2.45, 2.75) is 39.0 Å². The largest absolute Gasteiger partial charge is 0.369 e. The lowest BCUT2D eigenvalue weighted by Crippen LogP contribution is -2.28. The normalized spacial score (nSPS) is 15.3. The Bertz CT molecular complexity index is 312. The Labute approximate surface area is 96.4 Å². The molecular weight excluding hydrogens is 210 g/mol. The fraction of sp³-hybridized carbons (Fsp3) is 0.500. The standard InChI is InChI=1S/C12H18ClNO/c1-8(2)15-12(9(3)14)10-5-4-6-11(13)7-10/h4-9,12H,14H2,1-3H3. The number of halogens is 1. The second-order valence-electron chi connectivity index (χ2n) is 4.02. The molecule has 1 aromatic rings. The smallest absolute Gasteiger partial charge is 0.0976 e. The first-order valence-electron chi connectivity index (χ1n) is 5.17. The predicted molar refractivity (Wildman–Crippen MR) is 64.1 cm³/mol. The molecule has 0 aliphatic heterocycles. The van der Waals surface area contributed by atoms with Crippen LogP contribution < -0.4 is 5.73 Å². The summed E-state index contributed by atoms with van der Waals surface area (Å²) in [4.78, 5) is 0. The van der Waals surface area contributed by atoms with Crippen LogP contribution in [0, 0.1) is 0 Å². The molecule has 0 spiro atoms. The maximum absolute atomic E-state index is 5.93. The zero-order valence-electron chi connectivity index (χ0n) is 9.41. The van der Waals surface area contributed by atoms with Crippen LogP contribution in [0.3, 0.4) is 0 Å². The minimum Gasteiger partial charge on any atom is -0.369 e. The van der Waals surface area contributed by atoms with Crippen LogP contribution in [-0.4, -0.2) is 12.1 Å². The average Bonchev–Trinajstić information content (AvgIpc) is 2.13. The number of hydrogen-bond acceptors (Lipinski definition) is 2. The van der Waals surface area contributed by atoms with Crippen molar-refractivity contribution >= 4 is 11.6 Å². The fourth-order valence-electron chi connectivity index (χ4n) is 1.48. The van der Waals surface area contributed by atoms with Crippen molar-refractivity contribution in [3.63, 3.8) is 0 Å². The molecule has 2 nitrogen and oxygen atoms in total. The zero-order valence-corrected chi connectivity index (χ0v) is 10.2. The summed E-state index contributed by atoms with van der Waals surface area (Å²) in [5.41, 5.74) is 6.93. The third kappa shape index (κ3) is 3.82. The van der Waals surface area contributed by atoms with Gasteiger partial charge >= 0.3 is 0 Å². The summed E-state index contributed by atoms with van der Waals surface area (Å²) < 4.78 is 5.77. The van der Waals surface area contributed by atoms with Gasteiger partial charge in [0.25, 0.3) is 0 Å². The number of rotatable bonds is 4. The van der Waals surface area contributed by atoms with Crippen LogP contribution in [0.4, 0.5) is 0 Å². The van der Waals surface area contributed by atoms with Crippen molar-refractivity contribution in [3.05, 3.63) is 34.9 Å². The van der Waals surface area contributed by atoms with Crippen LogP contribution in [0.2, 0.25) is 5.02 Å². The lowest BCUT2D eigenvalue weighted by molar-refractivity contribution is -0.00511. The Hall–Kier alpha value is -0.570. The molecule has 3 heteroatoms. The van der Waals surface area contributed by atoms with E-state index in [1.807, 2.05) is 45.0 Å². The Balaban J connectivity index is 2.88. The van der Waals surface area contributed by atoms with E-state index in [1.54, 1.807) is 0 Å². The Morgan fingerprint density at radius 2 is 1.93 bits per heavy atom. The van der Waals surface area contributed by atoms with Crippen molar-refractivity contribution < 1.29 is 4.74 Å². The molecule has 0 heterocycles. The summed E-state index contributed by atoms with van der Waals surface area (Å²) in [7, 11) is 0. The second kappa shape index (κ2) is 5.50. The maximum atomic E-state index is 5.93. The zero-order chi connectivity index (χ0) is 11.4. The van der Waals surface area contributed by atoms with Gasteiger partial charge in [0, 0.05) is 11.1 Å². The molecule has 1 aromatic carbocycles. The van der Waals surface area contributed by atoms with E-state index < -0.39 is 0 Å². The summed E-state index contributed by atoms with van der Waals surface area (Å²) >= 11 is 5.93. The molecule has 0 saturated heterocycles. The van der Waals surface area contributed by atoms with Crippen LogP contribution in [0.15, 0.2) is 24.3 Å². The van der Waals surface area contributed by atoms with E-state index in [9.17, 15) is 0 Å². The molecule has 0 aliphatic rings. The van der Waals surface area contributed by atoms with Gasteiger partial charge in [0.1, 0.15) is 0 Å². The van der Waals surface area contributed by atoms with Crippen LogP contribution in [0.1, 0.15) is 32.4 Å². The first kappa shape index (κ1) is 12.5. The highest BCUT2D eigenvalue weighted by Gasteiger charge is 2.18. The first-order valence-corrected chi connectivity index (χ1v) is 5.55. The molecule has 2 N–H and O–H groups in total. The molecule has 0 aromatic heterocycles. The summed E-state index contributed by atoms with van der Waals surface area (Å²) in [6.07, 6.45) is 0.0590. The first-order chi connectivity index (χ1) is 7.00. The van der Waals surface area contributed by atoms with Gasteiger partial charge in [-0.15, -0.1) is 0 Å².